The lowest BCUT2D eigenvalue weighted by molar-refractivity contribution is 0.0949. The van der Waals surface area contributed by atoms with Gasteiger partial charge in [-0.25, -0.2) is 0 Å². The SMILES string of the molecule is O=C(NCC(CCO)c1ccccc1)c1ccc2c(c1)CCCC2. The van der Waals surface area contributed by atoms with E-state index < -0.39 is 0 Å². The number of aliphatic hydroxyl groups excluding tert-OH is 1. The molecule has 3 rings (SSSR count). The van der Waals surface area contributed by atoms with Crippen LogP contribution in [-0.2, 0) is 12.8 Å². The van der Waals surface area contributed by atoms with Crippen LogP contribution in [0.15, 0.2) is 48.5 Å². The zero-order valence-electron chi connectivity index (χ0n) is 14.0. The van der Waals surface area contributed by atoms with Gasteiger partial charge in [-0.15, -0.1) is 0 Å². The first kappa shape index (κ1) is 16.7. The van der Waals surface area contributed by atoms with E-state index in [1.165, 1.54) is 24.0 Å². The number of fused-ring (bicyclic) bond motifs is 1. The molecule has 0 saturated heterocycles. The summed E-state index contributed by atoms with van der Waals surface area (Å²) in [5.41, 5.74) is 4.60. The van der Waals surface area contributed by atoms with Gasteiger partial charge in [0.25, 0.3) is 5.91 Å². The number of aliphatic hydroxyl groups is 1. The molecule has 0 fully saturated rings. The predicted molar refractivity (Wildman–Crippen MR) is 96.3 cm³/mol. The average molecular weight is 323 g/mol. The predicted octanol–water partition coefficient (Wildman–Crippen LogP) is 3.46. The van der Waals surface area contributed by atoms with Crippen molar-refractivity contribution in [3.63, 3.8) is 0 Å². The smallest absolute Gasteiger partial charge is 0.251 e. The van der Waals surface area contributed by atoms with Crippen LogP contribution in [0.1, 0.15) is 52.2 Å². The Hall–Kier alpha value is -2.13. The molecule has 0 heterocycles. The quantitative estimate of drug-likeness (QED) is 0.855. The number of nitrogens with one attached hydrogen (secondary N) is 1. The molecule has 24 heavy (non-hydrogen) atoms. The van der Waals surface area contributed by atoms with Crippen LogP contribution in [0.5, 0.6) is 0 Å². The fourth-order valence-corrected chi connectivity index (χ4v) is 3.46. The number of hydrogen-bond acceptors (Lipinski definition) is 2. The number of amides is 1. The van der Waals surface area contributed by atoms with Crippen molar-refractivity contribution < 1.29 is 9.90 Å². The van der Waals surface area contributed by atoms with Gasteiger partial charge in [0, 0.05) is 24.6 Å². The van der Waals surface area contributed by atoms with Gasteiger partial charge in [0.1, 0.15) is 0 Å². The Morgan fingerprint density at radius 2 is 1.79 bits per heavy atom. The largest absolute Gasteiger partial charge is 0.396 e. The summed E-state index contributed by atoms with van der Waals surface area (Å²) in [6, 6.07) is 16.1. The van der Waals surface area contributed by atoms with E-state index in [2.05, 4.69) is 11.4 Å². The van der Waals surface area contributed by atoms with E-state index >= 15 is 0 Å². The average Bonchev–Trinajstić information content (AvgIpc) is 2.65. The maximum atomic E-state index is 12.5. The summed E-state index contributed by atoms with van der Waals surface area (Å²) in [4.78, 5) is 12.5. The molecule has 2 N–H and O–H groups in total. The third-order valence-corrected chi connectivity index (χ3v) is 4.87. The van der Waals surface area contributed by atoms with E-state index in [9.17, 15) is 9.90 Å². The van der Waals surface area contributed by atoms with Crippen molar-refractivity contribution in [3.8, 4) is 0 Å². The summed E-state index contributed by atoms with van der Waals surface area (Å²) in [6.45, 7) is 0.661. The highest BCUT2D eigenvalue weighted by atomic mass is 16.3. The molecule has 0 spiro atoms. The molecule has 1 aliphatic carbocycles. The number of carbonyl (C=O) groups is 1. The second-order valence-electron chi connectivity index (χ2n) is 6.52. The van der Waals surface area contributed by atoms with Gasteiger partial charge in [-0.2, -0.15) is 0 Å². The summed E-state index contributed by atoms with van der Waals surface area (Å²) in [5.74, 6) is 0.111. The third-order valence-electron chi connectivity index (χ3n) is 4.87. The summed E-state index contributed by atoms with van der Waals surface area (Å²) in [6.07, 6.45) is 5.31. The maximum Gasteiger partial charge on any atom is 0.251 e. The molecule has 3 nitrogen and oxygen atoms in total. The first-order valence-electron chi connectivity index (χ1n) is 8.83. The maximum absolute atomic E-state index is 12.5. The summed E-state index contributed by atoms with van der Waals surface area (Å²) >= 11 is 0. The van der Waals surface area contributed by atoms with Crippen molar-refractivity contribution in [1.29, 1.82) is 0 Å². The standard InChI is InChI=1S/C21H25NO2/c23-13-12-20(16-6-2-1-3-7-16)15-22-21(24)19-11-10-17-8-4-5-9-18(17)14-19/h1-3,6-7,10-11,14,20,23H,4-5,8-9,12-13,15H2,(H,22,24). The van der Waals surface area contributed by atoms with Crippen LogP contribution >= 0.6 is 0 Å². The van der Waals surface area contributed by atoms with E-state index in [1.54, 1.807) is 0 Å². The number of carbonyl (C=O) groups excluding carboxylic acids is 1. The fourth-order valence-electron chi connectivity index (χ4n) is 3.46. The Labute approximate surface area is 143 Å². The first-order valence-corrected chi connectivity index (χ1v) is 8.83. The highest BCUT2D eigenvalue weighted by molar-refractivity contribution is 5.94. The highest BCUT2D eigenvalue weighted by Crippen LogP contribution is 2.22. The van der Waals surface area contributed by atoms with E-state index in [0.29, 0.717) is 13.0 Å². The van der Waals surface area contributed by atoms with Gasteiger partial charge in [-0.1, -0.05) is 36.4 Å². The fraction of sp³-hybridized carbons (Fsp3) is 0.381. The molecule has 2 aromatic rings. The van der Waals surface area contributed by atoms with Gasteiger partial charge in [0.05, 0.1) is 0 Å². The summed E-state index contributed by atoms with van der Waals surface area (Å²) in [7, 11) is 0. The topological polar surface area (TPSA) is 49.3 Å². The first-order chi connectivity index (χ1) is 11.8. The van der Waals surface area contributed by atoms with Crippen LogP contribution in [-0.4, -0.2) is 24.2 Å². The summed E-state index contributed by atoms with van der Waals surface area (Å²) in [5, 5.41) is 12.3. The number of aryl methyl sites for hydroxylation is 2. The lowest BCUT2D eigenvalue weighted by atomic mass is 9.90. The third kappa shape index (κ3) is 4.04. The lowest BCUT2D eigenvalue weighted by Crippen LogP contribution is -2.29. The molecule has 1 aliphatic rings. The molecule has 126 valence electrons. The van der Waals surface area contributed by atoms with Gasteiger partial charge in [0.15, 0.2) is 0 Å². The van der Waals surface area contributed by atoms with Gasteiger partial charge in [0.2, 0.25) is 0 Å². The van der Waals surface area contributed by atoms with Gasteiger partial charge >= 0.3 is 0 Å². The molecule has 0 aliphatic heterocycles. The highest BCUT2D eigenvalue weighted by Gasteiger charge is 2.15. The zero-order valence-corrected chi connectivity index (χ0v) is 14.0. The summed E-state index contributed by atoms with van der Waals surface area (Å²) < 4.78 is 0. The Morgan fingerprint density at radius 3 is 2.54 bits per heavy atom. The monoisotopic (exact) mass is 323 g/mol. The second kappa shape index (κ2) is 8.11. The van der Waals surface area contributed by atoms with E-state index in [0.717, 1.165) is 24.0 Å². The van der Waals surface area contributed by atoms with Crippen LogP contribution in [0.4, 0.5) is 0 Å². The van der Waals surface area contributed by atoms with Crippen LogP contribution in [0.3, 0.4) is 0 Å². The molecule has 0 saturated carbocycles. The van der Waals surface area contributed by atoms with Crippen molar-refractivity contribution in [2.24, 2.45) is 0 Å². The Kier molecular flexibility index (Phi) is 5.65. The normalized spacial score (nSPS) is 14.7. The number of rotatable bonds is 6. The molecule has 1 unspecified atom stereocenters. The Bertz CT molecular complexity index is 681. The van der Waals surface area contributed by atoms with Crippen molar-refractivity contribution in [1.82, 2.24) is 5.32 Å². The van der Waals surface area contributed by atoms with Crippen LogP contribution in [0.25, 0.3) is 0 Å². The van der Waals surface area contributed by atoms with Crippen LogP contribution in [0, 0.1) is 0 Å². The van der Waals surface area contributed by atoms with Crippen LogP contribution in [0.2, 0.25) is 0 Å². The van der Waals surface area contributed by atoms with Crippen molar-refractivity contribution in [2.75, 3.05) is 13.2 Å². The number of benzene rings is 2. The van der Waals surface area contributed by atoms with Crippen molar-refractivity contribution >= 4 is 5.91 Å². The molecular formula is C21H25NO2. The molecule has 1 amide bonds. The molecule has 0 radical (unpaired) electrons. The molecule has 0 bridgehead atoms. The van der Waals surface area contributed by atoms with Crippen molar-refractivity contribution in [2.45, 2.75) is 38.0 Å². The lowest BCUT2D eigenvalue weighted by Gasteiger charge is -2.19. The second-order valence-corrected chi connectivity index (χ2v) is 6.52. The van der Waals surface area contributed by atoms with E-state index in [4.69, 9.17) is 0 Å². The Balaban J connectivity index is 1.65. The van der Waals surface area contributed by atoms with Crippen LogP contribution < -0.4 is 5.32 Å². The Morgan fingerprint density at radius 1 is 1.04 bits per heavy atom. The molecule has 1 atom stereocenters. The minimum absolute atomic E-state index is 0.0257. The van der Waals surface area contributed by atoms with Gasteiger partial charge in [-0.3, -0.25) is 4.79 Å². The van der Waals surface area contributed by atoms with E-state index in [1.807, 2.05) is 42.5 Å². The van der Waals surface area contributed by atoms with E-state index in [-0.39, 0.29) is 18.4 Å². The molecule has 2 aromatic carbocycles. The molecular weight excluding hydrogens is 298 g/mol. The number of hydrogen-bond donors (Lipinski definition) is 2. The minimum Gasteiger partial charge on any atom is -0.396 e. The van der Waals surface area contributed by atoms with Crippen molar-refractivity contribution in [3.05, 3.63) is 70.8 Å². The van der Waals surface area contributed by atoms with Gasteiger partial charge < -0.3 is 10.4 Å². The van der Waals surface area contributed by atoms with Gasteiger partial charge in [-0.05, 0) is 60.9 Å². The molecule has 0 aromatic heterocycles. The zero-order chi connectivity index (χ0) is 16.8. The minimum atomic E-state index is -0.0257. The molecule has 3 heteroatoms.